The van der Waals surface area contributed by atoms with Crippen LogP contribution < -0.4 is 18.9 Å². The van der Waals surface area contributed by atoms with Crippen LogP contribution in [0.5, 0.6) is 0 Å². The fourth-order valence-corrected chi connectivity index (χ4v) is 0.453. The molecule has 7 heavy (non-hydrogen) atoms. The van der Waals surface area contributed by atoms with Crippen molar-refractivity contribution in [1.82, 2.24) is 0 Å². The van der Waals surface area contributed by atoms with Crippen LogP contribution in [0, 0.1) is 6.26 Å². The van der Waals surface area contributed by atoms with Crippen LogP contribution in [0.4, 0.5) is 0 Å². The third kappa shape index (κ3) is 2.28. The maximum Gasteiger partial charge on any atom is 1.00 e. The summed E-state index contributed by atoms with van der Waals surface area (Å²) in [5.74, 6) is 0. The van der Waals surface area contributed by atoms with Crippen molar-refractivity contribution >= 4 is 11.6 Å². The fraction of sp³-hybridized carbons (Fsp3) is 0.500. The van der Waals surface area contributed by atoms with E-state index in [9.17, 15) is 0 Å². The van der Waals surface area contributed by atoms with Gasteiger partial charge >= 0.3 is 18.9 Å². The molecule has 3 heteroatoms. The van der Waals surface area contributed by atoms with Gasteiger partial charge < -0.3 is 4.74 Å². The SMILES string of the molecule is ClC1=[C-]OCC1.[Li+]. The molecule has 0 radical (unpaired) electrons. The van der Waals surface area contributed by atoms with E-state index in [1.165, 1.54) is 0 Å². The molecule has 0 aromatic carbocycles. The number of hydrogen-bond acceptors (Lipinski definition) is 1. The number of ether oxygens (including phenoxy) is 1. The van der Waals surface area contributed by atoms with E-state index in [1.807, 2.05) is 0 Å². The summed E-state index contributed by atoms with van der Waals surface area (Å²) in [7, 11) is 0. The maximum absolute atomic E-state index is 5.39. The van der Waals surface area contributed by atoms with Gasteiger partial charge in [0.1, 0.15) is 0 Å². The van der Waals surface area contributed by atoms with Gasteiger partial charge in [-0.15, -0.1) is 16.6 Å². The second-order valence-corrected chi connectivity index (χ2v) is 1.56. The van der Waals surface area contributed by atoms with Gasteiger partial charge in [0.05, 0.1) is 0 Å². The molecular formula is C4H4ClLiO. The van der Waals surface area contributed by atoms with E-state index in [1.54, 1.807) is 0 Å². The Morgan fingerprint density at radius 1 is 1.71 bits per heavy atom. The average molecular weight is 110 g/mol. The number of hydrogen-bond donors (Lipinski definition) is 0. The molecular weight excluding hydrogens is 106 g/mol. The first-order valence-electron chi connectivity index (χ1n) is 1.79. The molecule has 0 saturated carbocycles. The van der Waals surface area contributed by atoms with Gasteiger partial charge in [-0.1, -0.05) is 0 Å². The van der Waals surface area contributed by atoms with Crippen LogP contribution >= 0.6 is 11.6 Å². The van der Waals surface area contributed by atoms with Crippen molar-refractivity contribution in [2.75, 3.05) is 6.61 Å². The first kappa shape index (κ1) is 7.43. The zero-order valence-corrected chi connectivity index (χ0v) is 4.96. The predicted molar refractivity (Wildman–Crippen MR) is 23.2 cm³/mol. The van der Waals surface area contributed by atoms with Gasteiger partial charge in [-0.3, -0.25) is 6.26 Å². The number of halogens is 1. The Morgan fingerprint density at radius 3 is 2.57 bits per heavy atom. The molecule has 1 aliphatic rings. The van der Waals surface area contributed by atoms with Gasteiger partial charge in [-0.2, -0.15) is 0 Å². The van der Waals surface area contributed by atoms with Gasteiger partial charge in [0.2, 0.25) is 0 Å². The smallest absolute Gasteiger partial charge is 0.692 e. The standard InChI is InChI=1S/C4H4ClO.Li/c5-4-1-2-6-3-4;/h1-2H2;/q-1;+1. The minimum atomic E-state index is 0. The van der Waals surface area contributed by atoms with Crippen LogP contribution in [0.25, 0.3) is 0 Å². The first-order chi connectivity index (χ1) is 2.89. The Balaban J connectivity index is 0.000000360. The monoisotopic (exact) mass is 110 g/mol. The van der Waals surface area contributed by atoms with E-state index in [4.69, 9.17) is 11.6 Å². The second-order valence-electron chi connectivity index (χ2n) is 1.11. The van der Waals surface area contributed by atoms with E-state index in [2.05, 4.69) is 11.0 Å². The van der Waals surface area contributed by atoms with Gasteiger partial charge in [0.25, 0.3) is 0 Å². The molecule has 0 fully saturated rings. The van der Waals surface area contributed by atoms with E-state index < -0.39 is 0 Å². The summed E-state index contributed by atoms with van der Waals surface area (Å²) >= 11 is 5.39. The summed E-state index contributed by atoms with van der Waals surface area (Å²) in [6.07, 6.45) is 3.34. The van der Waals surface area contributed by atoms with Crippen LogP contribution in [0.15, 0.2) is 5.03 Å². The topological polar surface area (TPSA) is 9.23 Å². The molecule has 34 valence electrons. The zero-order valence-electron chi connectivity index (χ0n) is 4.20. The van der Waals surface area contributed by atoms with Crippen LogP contribution in [-0.4, -0.2) is 6.61 Å². The molecule has 0 atom stereocenters. The fourth-order valence-electron chi connectivity index (χ4n) is 0.321. The Kier molecular flexibility index (Phi) is 3.64. The summed E-state index contributed by atoms with van der Waals surface area (Å²) < 4.78 is 4.64. The molecule has 0 unspecified atom stereocenters. The Hall–Kier alpha value is 0.427. The molecule has 0 aromatic heterocycles. The normalized spacial score (nSPS) is 17.0. The van der Waals surface area contributed by atoms with Gasteiger partial charge in [-0.05, 0) is 6.42 Å². The van der Waals surface area contributed by atoms with Crippen molar-refractivity contribution in [3.8, 4) is 0 Å². The summed E-state index contributed by atoms with van der Waals surface area (Å²) in [5.41, 5.74) is 0. The molecule has 1 nitrogen and oxygen atoms in total. The summed E-state index contributed by atoms with van der Waals surface area (Å²) in [5, 5.41) is 0.704. The van der Waals surface area contributed by atoms with E-state index in [-0.39, 0.29) is 18.9 Å². The Labute approximate surface area is 59.9 Å². The van der Waals surface area contributed by atoms with Crippen LogP contribution in [0.3, 0.4) is 0 Å². The molecule has 0 amide bonds. The molecule has 0 aromatic rings. The van der Waals surface area contributed by atoms with Gasteiger partial charge in [-0.25, -0.2) is 0 Å². The van der Waals surface area contributed by atoms with Crippen LogP contribution in [0.1, 0.15) is 6.42 Å². The first-order valence-corrected chi connectivity index (χ1v) is 2.16. The number of rotatable bonds is 0. The van der Waals surface area contributed by atoms with Crippen molar-refractivity contribution in [1.29, 1.82) is 0 Å². The van der Waals surface area contributed by atoms with Crippen molar-refractivity contribution in [2.24, 2.45) is 0 Å². The van der Waals surface area contributed by atoms with Crippen molar-refractivity contribution in [2.45, 2.75) is 6.42 Å². The average Bonchev–Trinajstić information content (AvgIpc) is 1.86. The Bertz CT molecular complexity index is 81.8. The minimum absolute atomic E-state index is 0. The largest absolute Gasteiger partial charge is 1.00 e. The van der Waals surface area contributed by atoms with Gasteiger partial charge in [0, 0.05) is 6.61 Å². The van der Waals surface area contributed by atoms with E-state index in [0.29, 0.717) is 11.6 Å². The molecule has 0 aliphatic carbocycles. The third-order valence-electron chi connectivity index (χ3n) is 0.607. The van der Waals surface area contributed by atoms with Crippen molar-refractivity contribution in [3.05, 3.63) is 11.3 Å². The third-order valence-corrected chi connectivity index (χ3v) is 0.873. The molecule has 0 saturated heterocycles. The van der Waals surface area contributed by atoms with E-state index in [0.717, 1.165) is 6.42 Å². The minimum Gasteiger partial charge on any atom is -0.692 e. The molecule has 0 spiro atoms. The second kappa shape index (κ2) is 3.43. The molecule has 1 rings (SSSR count). The van der Waals surface area contributed by atoms with Crippen LogP contribution in [-0.2, 0) is 4.74 Å². The molecule has 1 aliphatic heterocycles. The summed E-state index contributed by atoms with van der Waals surface area (Å²) in [4.78, 5) is 0. The summed E-state index contributed by atoms with van der Waals surface area (Å²) in [6.45, 7) is 0.707. The van der Waals surface area contributed by atoms with Crippen molar-refractivity contribution < 1.29 is 23.6 Å². The van der Waals surface area contributed by atoms with E-state index >= 15 is 0 Å². The molecule has 0 bridgehead atoms. The Morgan fingerprint density at radius 2 is 2.43 bits per heavy atom. The molecule has 0 N–H and O–H groups in total. The van der Waals surface area contributed by atoms with Crippen molar-refractivity contribution in [3.63, 3.8) is 0 Å². The van der Waals surface area contributed by atoms with Gasteiger partial charge in [0.15, 0.2) is 0 Å². The summed E-state index contributed by atoms with van der Waals surface area (Å²) in [6, 6.07) is 0. The molecule has 1 heterocycles. The predicted octanol–water partition coefficient (Wildman–Crippen LogP) is -1.71. The van der Waals surface area contributed by atoms with Crippen LogP contribution in [0.2, 0.25) is 0 Å². The zero-order chi connectivity index (χ0) is 4.41. The quantitative estimate of drug-likeness (QED) is 0.267. The maximum atomic E-state index is 5.39.